The fourth-order valence-electron chi connectivity index (χ4n) is 4.62. The van der Waals surface area contributed by atoms with Crippen LogP contribution < -0.4 is 19.8 Å². The van der Waals surface area contributed by atoms with E-state index >= 15 is 0 Å². The number of hydrogen-bond donors (Lipinski definition) is 0. The average Bonchev–Trinajstić information content (AvgIpc) is 3.37. The van der Waals surface area contributed by atoms with Gasteiger partial charge in [-0.2, -0.15) is 0 Å². The number of carbonyl (C=O) groups excluding carboxylic acids is 2. The largest absolute Gasteiger partial charge is 0.274 e. The molecule has 0 fully saturated rings. The number of carbonyl (C=O) groups is 2. The molecule has 170 valence electrons. The minimum Gasteiger partial charge on any atom is -0.274 e. The van der Waals surface area contributed by atoms with Crippen LogP contribution in [0.25, 0.3) is 5.57 Å². The molecule has 0 aliphatic carbocycles. The van der Waals surface area contributed by atoms with E-state index in [1.807, 2.05) is 60.7 Å². The Morgan fingerprint density at radius 3 is 2.23 bits per heavy atom. The van der Waals surface area contributed by atoms with Crippen LogP contribution in [0.4, 0.5) is 5.69 Å². The van der Waals surface area contributed by atoms with Crippen molar-refractivity contribution in [2.45, 2.75) is 13.0 Å². The van der Waals surface area contributed by atoms with Crippen molar-refractivity contribution in [2.75, 3.05) is 4.90 Å². The fourth-order valence-corrected chi connectivity index (χ4v) is 5.66. The third-order valence-electron chi connectivity index (χ3n) is 6.13. The Morgan fingerprint density at radius 2 is 1.51 bits per heavy atom. The summed E-state index contributed by atoms with van der Waals surface area (Å²) in [6.07, 6.45) is 0. The number of amides is 2. The highest BCUT2D eigenvalue weighted by molar-refractivity contribution is 7.07. The number of para-hydroxylation sites is 1. The SMILES string of the molecule is CC(=O)N1C(=O)/C(=c2/sc3n(c2=O)C(c2ccccc2)C(c2ccccc2)=NN=3)c2ccccc21. The summed E-state index contributed by atoms with van der Waals surface area (Å²) < 4.78 is 1.85. The zero-order chi connectivity index (χ0) is 24.1. The molecule has 0 saturated heterocycles. The Hall–Kier alpha value is -4.43. The molecule has 8 heteroatoms. The van der Waals surface area contributed by atoms with Crippen LogP contribution in [0, 0.1) is 0 Å². The monoisotopic (exact) mass is 478 g/mol. The molecule has 35 heavy (non-hydrogen) atoms. The lowest BCUT2D eigenvalue weighted by atomic mass is 9.96. The summed E-state index contributed by atoms with van der Waals surface area (Å²) in [7, 11) is 0. The van der Waals surface area contributed by atoms with Gasteiger partial charge in [0.25, 0.3) is 11.5 Å². The summed E-state index contributed by atoms with van der Waals surface area (Å²) in [5.41, 5.74) is 3.30. The van der Waals surface area contributed by atoms with Crippen LogP contribution in [0.15, 0.2) is 99.9 Å². The highest BCUT2D eigenvalue weighted by Crippen LogP contribution is 2.35. The average molecular weight is 479 g/mol. The van der Waals surface area contributed by atoms with Crippen molar-refractivity contribution in [1.29, 1.82) is 0 Å². The van der Waals surface area contributed by atoms with Gasteiger partial charge in [-0.3, -0.25) is 19.0 Å². The maximum absolute atomic E-state index is 14.0. The topological polar surface area (TPSA) is 84.1 Å². The van der Waals surface area contributed by atoms with Gasteiger partial charge in [0, 0.05) is 18.1 Å². The van der Waals surface area contributed by atoms with Crippen molar-refractivity contribution in [1.82, 2.24) is 4.57 Å². The molecule has 0 saturated carbocycles. The first-order valence-corrected chi connectivity index (χ1v) is 11.8. The van der Waals surface area contributed by atoms with Gasteiger partial charge in [-0.1, -0.05) is 90.2 Å². The molecule has 2 aliphatic heterocycles. The highest BCUT2D eigenvalue weighted by atomic mass is 32.1. The summed E-state index contributed by atoms with van der Waals surface area (Å²) in [6.45, 7) is 1.34. The van der Waals surface area contributed by atoms with Crippen molar-refractivity contribution in [3.05, 3.63) is 121 Å². The third kappa shape index (κ3) is 3.22. The van der Waals surface area contributed by atoms with Gasteiger partial charge in [0.05, 0.1) is 17.0 Å². The first-order chi connectivity index (χ1) is 17.1. The number of anilines is 1. The first kappa shape index (κ1) is 21.1. The molecule has 1 atom stereocenters. The number of hydrogen-bond acceptors (Lipinski definition) is 6. The zero-order valence-corrected chi connectivity index (χ0v) is 19.4. The smallest absolute Gasteiger partial charge is 0.272 e. The predicted molar refractivity (Wildman–Crippen MR) is 134 cm³/mol. The van der Waals surface area contributed by atoms with Gasteiger partial charge >= 0.3 is 0 Å². The van der Waals surface area contributed by atoms with Gasteiger partial charge in [-0.15, -0.1) is 10.2 Å². The van der Waals surface area contributed by atoms with E-state index in [4.69, 9.17) is 0 Å². The standard InChI is InChI=1S/C27H18N4O3S/c1-16(32)30-20-15-9-8-14-19(20)21(25(30)33)24-26(34)31-23(18-12-6-3-7-13-18)22(28-29-27(31)35-24)17-10-4-2-5-11-17/h2-15,23H,1H3/b24-21+. The molecule has 2 aliphatic rings. The van der Waals surface area contributed by atoms with Crippen LogP contribution in [-0.2, 0) is 9.59 Å². The Bertz CT molecular complexity index is 1720. The predicted octanol–water partition coefficient (Wildman–Crippen LogP) is 2.63. The van der Waals surface area contributed by atoms with Gasteiger partial charge in [-0.05, 0) is 11.6 Å². The summed E-state index contributed by atoms with van der Waals surface area (Å²) in [5, 5.41) is 8.90. The Morgan fingerprint density at radius 1 is 0.857 bits per heavy atom. The number of nitrogens with zero attached hydrogens (tertiary/aromatic N) is 4. The lowest BCUT2D eigenvalue weighted by Crippen LogP contribution is -2.41. The lowest BCUT2D eigenvalue weighted by molar-refractivity contribution is -0.122. The minimum atomic E-state index is -0.514. The fraction of sp³-hybridized carbons (Fsp3) is 0.0741. The van der Waals surface area contributed by atoms with E-state index in [0.29, 0.717) is 21.8 Å². The Kier molecular flexibility index (Phi) is 4.89. The molecular weight excluding hydrogens is 460 g/mol. The molecule has 7 nitrogen and oxygen atoms in total. The molecule has 0 N–H and O–H groups in total. The maximum Gasteiger partial charge on any atom is 0.272 e. The number of aromatic nitrogens is 1. The zero-order valence-electron chi connectivity index (χ0n) is 18.6. The van der Waals surface area contributed by atoms with Gasteiger partial charge < -0.3 is 0 Å². The quantitative estimate of drug-likeness (QED) is 0.444. The van der Waals surface area contributed by atoms with Crippen LogP contribution >= 0.6 is 11.3 Å². The van der Waals surface area contributed by atoms with E-state index in [9.17, 15) is 14.4 Å². The summed E-state index contributed by atoms with van der Waals surface area (Å²) in [5.74, 6) is -0.907. The molecule has 0 radical (unpaired) electrons. The summed E-state index contributed by atoms with van der Waals surface area (Å²) in [4.78, 5) is 41.2. The van der Waals surface area contributed by atoms with Crippen molar-refractivity contribution in [3.63, 3.8) is 0 Å². The second-order valence-corrected chi connectivity index (χ2v) is 9.18. The summed E-state index contributed by atoms with van der Waals surface area (Å²) in [6, 6.07) is 25.8. The molecule has 0 bridgehead atoms. The van der Waals surface area contributed by atoms with E-state index in [1.165, 1.54) is 6.92 Å². The number of thiazole rings is 1. The number of rotatable bonds is 2. The van der Waals surface area contributed by atoms with Crippen LogP contribution in [-0.4, -0.2) is 22.1 Å². The molecule has 1 aromatic heterocycles. The van der Waals surface area contributed by atoms with Gasteiger partial charge in [-0.25, -0.2) is 4.90 Å². The van der Waals surface area contributed by atoms with Crippen molar-refractivity contribution in [2.24, 2.45) is 10.2 Å². The molecule has 0 spiro atoms. The second-order valence-electron chi connectivity index (χ2n) is 8.21. The molecule has 6 rings (SSSR count). The van der Waals surface area contributed by atoms with E-state index in [-0.39, 0.29) is 15.7 Å². The molecular formula is C27H18N4O3S. The van der Waals surface area contributed by atoms with Gasteiger partial charge in [0.2, 0.25) is 10.7 Å². The number of imide groups is 1. The number of fused-ring (bicyclic) bond motifs is 2. The lowest BCUT2D eigenvalue weighted by Gasteiger charge is -2.22. The van der Waals surface area contributed by atoms with E-state index in [1.54, 1.807) is 28.8 Å². The van der Waals surface area contributed by atoms with Crippen molar-refractivity contribution < 1.29 is 9.59 Å². The van der Waals surface area contributed by atoms with Crippen LogP contribution in [0.2, 0.25) is 0 Å². The molecule has 2 amide bonds. The Labute approximate surface area is 203 Å². The molecule has 3 aromatic carbocycles. The van der Waals surface area contributed by atoms with Gasteiger partial charge in [0.15, 0.2) is 0 Å². The molecule has 1 unspecified atom stereocenters. The van der Waals surface area contributed by atoms with Crippen molar-refractivity contribution in [3.8, 4) is 0 Å². The van der Waals surface area contributed by atoms with Gasteiger partial charge in [0.1, 0.15) is 10.6 Å². The molecule has 3 heterocycles. The first-order valence-electron chi connectivity index (χ1n) is 11.0. The van der Waals surface area contributed by atoms with Crippen LogP contribution in [0.1, 0.15) is 29.7 Å². The highest BCUT2D eigenvalue weighted by Gasteiger charge is 2.37. The molecule has 4 aromatic rings. The second kappa shape index (κ2) is 8.11. The van der Waals surface area contributed by atoms with E-state index in [2.05, 4.69) is 10.2 Å². The maximum atomic E-state index is 14.0. The van der Waals surface area contributed by atoms with E-state index < -0.39 is 17.9 Å². The summed E-state index contributed by atoms with van der Waals surface area (Å²) >= 11 is 1.12. The Balaban J connectivity index is 1.65. The van der Waals surface area contributed by atoms with Crippen LogP contribution in [0.5, 0.6) is 0 Å². The number of benzene rings is 3. The normalized spacial score (nSPS) is 18.0. The third-order valence-corrected chi connectivity index (χ3v) is 7.17. The van der Waals surface area contributed by atoms with E-state index in [0.717, 1.165) is 27.4 Å². The van der Waals surface area contributed by atoms with Crippen molar-refractivity contribution >= 4 is 40.1 Å². The van der Waals surface area contributed by atoms with Crippen LogP contribution in [0.3, 0.4) is 0 Å². The minimum absolute atomic E-state index is 0.218.